The first-order valence-corrected chi connectivity index (χ1v) is 4.84. The van der Waals surface area contributed by atoms with Crippen LogP contribution in [-0.4, -0.2) is 23.1 Å². The number of rotatable bonds is 4. The summed E-state index contributed by atoms with van der Waals surface area (Å²) in [6.07, 6.45) is -4.76. The Kier molecular flexibility index (Phi) is 4.45. The third-order valence-corrected chi connectivity index (χ3v) is 1.96. The molecule has 100 valence electrons. The molecule has 19 heavy (non-hydrogen) atoms. The highest BCUT2D eigenvalue weighted by atomic mass is 19.4. The minimum absolute atomic E-state index is 0.210. The second kappa shape index (κ2) is 5.84. The van der Waals surface area contributed by atoms with Gasteiger partial charge in [-0.15, -0.1) is 0 Å². The summed E-state index contributed by atoms with van der Waals surface area (Å²) in [5.74, 6) is 3.14. The third-order valence-electron chi connectivity index (χ3n) is 1.96. The Bertz CT molecular complexity index is 512. The normalized spacial score (nSPS) is 10.4. The quantitative estimate of drug-likeness (QED) is 0.469. The summed E-state index contributed by atoms with van der Waals surface area (Å²) in [6, 6.07) is 4.57. The Hall–Kier alpha value is -2.59. The van der Waals surface area contributed by atoms with Crippen LogP contribution in [0.15, 0.2) is 6.07 Å². The smallest absolute Gasteiger partial charge is 0.330 e. The molecule has 0 bridgehead atoms. The summed E-state index contributed by atoms with van der Waals surface area (Å²) >= 11 is 0. The van der Waals surface area contributed by atoms with E-state index in [9.17, 15) is 13.2 Å². The van der Waals surface area contributed by atoms with Gasteiger partial charge < -0.3 is 10.3 Å². The van der Waals surface area contributed by atoms with Gasteiger partial charge in [0.1, 0.15) is 24.7 Å². The van der Waals surface area contributed by atoms with Gasteiger partial charge in [-0.3, -0.25) is 0 Å². The van der Waals surface area contributed by atoms with Crippen LogP contribution in [0.2, 0.25) is 0 Å². The number of nitrogen functional groups attached to an aromatic ring is 1. The van der Waals surface area contributed by atoms with E-state index in [0.29, 0.717) is 0 Å². The summed E-state index contributed by atoms with van der Waals surface area (Å²) in [4.78, 5) is 7.51. The van der Waals surface area contributed by atoms with Gasteiger partial charge in [-0.1, -0.05) is 0 Å². The standard InChI is InChI=1S/C9H8F3N7/c10-9(11,12)8-16-6(18-15)5-7(17-8)19(3-1-13)4-2-14/h5H,3-4,15H2,(H,16,17,18). The maximum Gasteiger partial charge on any atom is 0.451 e. The molecule has 0 fully saturated rings. The van der Waals surface area contributed by atoms with E-state index in [1.807, 2.05) is 5.43 Å². The zero-order valence-electron chi connectivity index (χ0n) is 9.44. The fourth-order valence-corrected chi connectivity index (χ4v) is 1.19. The van der Waals surface area contributed by atoms with Gasteiger partial charge in [-0.25, -0.2) is 15.8 Å². The van der Waals surface area contributed by atoms with Crippen molar-refractivity contribution in [2.75, 3.05) is 23.4 Å². The maximum atomic E-state index is 12.6. The Morgan fingerprint density at radius 1 is 1.26 bits per heavy atom. The number of halogens is 3. The van der Waals surface area contributed by atoms with Gasteiger partial charge in [-0.05, 0) is 0 Å². The van der Waals surface area contributed by atoms with Crippen LogP contribution in [0.4, 0.5) is 24.8 Å². The van der Waals surface area contributed by atoms with E-state index < -0.39 is 12.0 Å². The predicted molar refractivity (Wildman–Crippen MR) is 58.3 cm³/mol. The SMILES string of the molecule is N#CCN(CC#N)c1cc(NN)nc(C(F)(F)F)n1. The predicted octanol–water partition coefficient (Wildman–Crippen LogP) is 0.635. The molecule has 0 saturated carbocycles. The van der Waals surface area contributed by atoms with Gasteiger partial charge in [0.15, 0.2) is 0 Å². The number of hydrazine groups is 1. The number of anilines is 2. The third kappa shape index (κ3) is 3.69. The lowest BCUT2D eigenvalue weighted by atomic mass is 10.4. The minimum Gasteiger partial charge on any atom is -0.330 e. The first-order valence-electron chi connectivity index (χ1n) is 4.84. The van der Waals surface area contributed by atoms with E-state index in [1.54, 1.807) is 12.1 Å². The molecule has 0 aliphatic carbocycles. The second-order valence-corrected chi connectivity index (χ2v) is 3.25. The highest BCUT2D eigenvalue weighted by molar-refractivity contribution is 5.50. The van der Waals surface area contributed by atoms with Crippen molar-refractivity contribution in [3.63, 3.8) is 0 Å². The van der Waals surface area contributed by atoms with Crippen molar-refractivity contribution in [3.8, 4) is 12.1 Å². The molecular formula is C9H8F3N7. The molecule has 1 aromatic heterocycles. The van der Waals surface area contributed by atoms with Crippen molar-refractivity contribution in [1.82, 2.24) is 9.97 Å². The zero-order valence-corrected chi connectivity index (χ0v) is 9.44. The highest BCUT2D eigenvalue weighted by Gasteiger charge is 2.35. The van der Waals surface area contributed by atoms with Crippen LogP contribution in [0.25, 0.3) is 0 Å². The summed E-state index contributed by atoms with van der Waals surface area (Å²) in [7, 11) is 0. The Morgan fingerprint density at radius 2 is 1.84 bits per heavy atom. The van der Waals surface area contributed by atoms with Gasteiger partial charge in [0.05, 0.1) is 12.1 Å². The van der Waals surface area contributed by atoms with Gasteiger partial charge in [0.25, 0.3) is 0 Å². The molecule has 1 rings (SSSR count). The van der Waals surface area contributed by atoms with Crippen molar-refractivity contribution >= 4 is 11.6 Å². The number of nitrogens with two attached hydrogens (primary N) is 1. The summed E-state index contributed by atoms with van der Waals surface area (Å²) in [5.41, 5.74) is 1.98. The molecule has 7 nitrogen and oxygen atoms in total. The average Bonchev–Trinajstić information content (AvgIpc) is 2.37. The Balaban J connectivity index is 3.26. The lowest BCUT2D eigenvalue weighted by molar-refractivity contribution is -0.144. The summed E-state index contributed by atoms with van der Waals surface area (Å²) in [5, 5.41) is 17.1. The molecule has 0 saturated heterocycles. The first kappa shape index (κ1) is 14.5. The fraction of sp³-hybridized carbons (Fsp3) is 0.333. The van der Waals surface area contributed by atoms with Gasteiger partial charge in [-0.2, -0.15) is 23.7 Å². The first-order chi connectivity index (χ1) is 8.92. The summed E-state index contributed by atoms with van der Waals surface area (Å²) in [6.45, 7) is -0.572. The molecule has 1 aromatic rings. The molecule has 0 aliphatic heterocycles. The lowest BCUT2D eigenvalue weighted by Crippen LogP contribution is -2.27. The molecule has 10 heteroatoms. The average molecular weight is 271 g/mol. The number of nitrogens with one attached hydrogen (secondary N) is 1. The molecule has 0 radical (unpaired) electrons. The molecule has 0 aliphatic rings. The number of alkyl halides is 3. The molecule has 3 N–H and O–H groups in total. The molecule has 0 spiro atoms. The number of aromatic nitrogens is 2. The van der Waals surface area contributed by atoms with Crippen LogP contribution in [0.1, 0.15) is 5.82 Å². The van der Waals surface area contributed by atoms with Crippen LogP contribution in [0, 0.1) is 22.7 Å². The van der Waals surface area contributed by atoms with E-state index in [1.165, 1.54) is 0 Å². The number of nitriles is 2. The molecule has 0 unspecified atom stereocenters. The van der Waals surface area contributed by atoms with Gasteiger partial charge in [0.2, 0.25) is 5.82 Å². The van der Waals surface area contributed by atoms with E-state index in [0.717, 1.165) is 11.0 Å². The number of hydrogen-bond donors (Lipinski definition) is 2. The fourth-order valence-electron chi connectivity index (χ4n) is 1.19. The Morgan fingerprint density at radius 3 is 2.26 bits per heavy atom. The topological polar surface area (TPSA) is 115 Å². The minimum atomic E-state index is -4.76. The number of nitrogens with zero attached hydrogens (tertiary/aromatic N) is 5. The molecule has 0 amide bonds. The van der Waals surface area contributed by atoms with E-state index in [2.05, 4.69) is 9.97 Å². The maximum absolute atomic E-state index is 12.6. The Labute approximate surface area is 106 Å². The second-order valence-electron chi connectivity index (χ2n) is 3.25. The van der Waals surface area contributed by atoms with Crippen molar-refractivity contribution in [1.29, 1.82) is 10.5 Å². The largest absolute Gasteiger partial charge is 0.451 e. The summed E-state index contributed by atoms with van der Waals surface area (Å²) < 4.78 is 37.7. The van der Waals surface area contributed by atoms with Crippen molar-refractivity contribution in [2.45, 2.75) is 6.18 Å². The molecule has 0 aromatic carbocycles. The van der Waals surface area contributed by atoms with Gasteiger partial charge >= 0.3 is 6.18 Å². The van der Waals surface area contributed by atoms with E-state index in [-0.39, 0.29) is 24.7 Å². The van der Waals surface area contributed by atoms with Crippen molar-refractivity contribution in [2.24, 2.45) is 5.84 Å². The monoisotopic (exact) mass is 271 g/mol. The van der Waals surface area contributed by atoms with Crippen molar-refractivity contribution in [3.05, 3.63) is 11.9 Å². The highest BCUT2D eigenvalue weighted by Crippen LogP contribution is 2.28. The van der Waals surface area contributed by atoms with Crippen molar-refractivity contribution < 1.29 is 13.2 Å². The molecule has 0 atom stereocenters. The van der Waals surface area contributed by atoms with Crippen LogP contribution in [0.5, 0.6) is 0 Å². The van der Waals surface area contributed by atoms with Crippen LogP contribution < -0.4 is 16.2 Å². The van der Waals surface area contributed by atoms with Gasteiger partial charge in [0, 0.05) is 6.07 Å². The zero-order chi connectivity index (χ0) is 14.5. The lowest BCUT2D eigenvalue weighted by Gasteiger charge is -2.18. The van der Waals surface area contributed by atoms with Crippen LogP contribution in [0.3, 0.4) is 0 Å². The van der Waals surface area contributed by atoms with Crippen LogP contribution >= 0.6 is 0 Å². The van der Waals surface area contributed by atoms with E-state index in [4.69, 9.17) is 16.4 Å². The van der Waals surface area contributed by atoms with Crippen LogP contribution in [-0.2, 0) is 6.18 Å². The number of hydrogen-bond acceptors (Lipinski definition) is 7. The molecule has 1 heterocycles. The van der Waals surface area contributed by atoms with E-state index >= 15 is 0 Å². The molecular weight excluding hydrogens is 263 g/mol.